The van der Waals surface area contributed by atoms with E-state index in [-0.39, 0.29) is 5.91 Å². The van der Waals surface area contributed by atoms with Gasteiger partial charge in [-0.25, -0.2) is 0 Å². The molecule has 13 heavy (non-hydrogen) atoms. The molecule has 1 rings (SSSR count). The minimum absolute atomic E-state index is 0.160. The van der Waals surface area contributed by atoms with Crippen LogP contribution in [0.4, 0.5) is 0 Å². The molecule has 2 unspecified atom stereocenters. The number of carbonyl (C=O) groups excluding carboxylic acids is 1. The molecule has 0 radical (unpaired) electrons. The zero-order chi connectivity index (χ0) is 9.84. The Hall–Kier alpha value is -0.280. The summed E-state index contributed by atoms with van der Waals surface area (Å²) >= 11 is 5.84. The fourth-order valence-corrected chi connectivity index (χ4v) is 2.17. The predicted octanol–water partition coefficient (Wildman–Crippen LogP) is 0.682. The topological polar surface area (TPSA) is 32.3 Å². The van der Waals surface area contributed by atoms with Gasteiger partial charge in [0.25, 0.3) is 0 Å². The van der Waals surface area contributed by atoms with E-state index in [0.29, 0.717) is 17.8 Å². The highest BCUT2D eigenvalue weighted by Gasteiger charge is 2.28. The number of alkyl halides is 1. The van der Waals surface area contributed by atoms with Crippen LogP contribution in [-0.2, 0) is 4.79 Å². The van der Waals surface area contributed by atoms with Crippen LogP contribution in [0.15, 0.2) is 0 Å². The minimum Gasteiger partial charge on any atom is -0.341 e. The fraction of sp³-hybridized carbons (Fsp3) is 0.889. The van der Waals surface area contributed by atoms with Crippen molar-refractivity contribution in [1.29, 1.82) is 0 Å². The second-order valence-electron chi connectivity index (χ2n) is 3.56. The highest BCUT2D eigenvalue weighted by atomic mass is 35.5. The lowest BCUT2D eigenvalue weighted by molar-refractivity contribution is -0.130. The van der Waals surface area contributed by atoms with Crippen molar-refractivity contribution in [2.75, 3.05) is 26.0 Å². The van der Waals surface area contributed by atoms with Crippen molar-refractivity contribution >= 4 is 17.5 Å². The number of likely N-dealkylation sites (N-methyl/N-ethyl adjacent to an activating group) is 1. The van der Waals surface area contributed by atoms with Gasteiger partial charge in [0, 0.05) is 31.9 Å². The fourth-order valence-electron chi connectivity index (χ4n) is 1.80. The molecule has 1 saturated heterocycles. The quantitative estimate of drug-likeness (QED) is 0.672. The average Bonchev–Trinajstić information content (AvgIpc) is 2.16. The van der Waals surface area contributed by atoms with Gasteiger partial charge in [-0.1, -0.05) is 0 Å². The molecular formula is C9H17ClN2O. The minimum atomic E-state index is 0.160. The van der Waals surface area contributed by atoms with Crippen molar-refractivity contribution in [3.05, 3.63) is 0 Å². The van der Waals surface area contributed by atoms with Gasteiger partial charge >= 0.3 is 0 Å². The van der Waals surface area contributed by atoms with Crippen LogP contribution in [-0.4, -0.2) is 42.9 Å². The third kappa shape index (κ3) is 2.58. The maximum absolute atomic E-state index is 11.1. The van der Waals surface area contributed by atoms with E-state index in [1.807, 2.05) is 11.9 Å². The van der Waals surface area contributed by atoms with Crippen LogP contribution in [0.5, 0.6) is 0 Å². The first kappa shape index (κ1) is 10.8. The Balaban J connectivity index is 2.52. The summed E-state index contributed by atoms with van der Waals surface area (Å²) in [6, 6.07) is 0.357. The maximum Gasteiger partial charge on any atom is 0.219 e. The zero-order valence-electron chi connectivity index (χ0n) is 8.22. The SMILES string of the molecule is CNC1CN(C(C)=O)CCC1CCl. The molecule has 0 aromatic rings. The summed E-state index contributed by atoms with van der Waals surface area (Å²) in [4.78, 5) is 13.0. The third-order valence-electron chi connectivity index (χ3n) is 2.77. The first-order valence-corrected chi connectivity index (χ1v) is 5.21. The molecule has 0 aliphatic carbocycles. The molecule has 0 aromatic carbocycles. The van der Waals surface area contributed by atoms with E-state index in [4.69, 9.17) is 11.6 Å². The van der Waals surface area contributed by atoms with Gasteiger partial charge in [-0.3, -0.25) is 4.79 Å². The van der Waals surface area contributed by atoms with E-state index < -0.39 is 0 Å². The normalized spacial score (nSPS) is 29.0. The van der Waals surface area contributed by atoms with E-state index in [9.17, 15) is 4.79 Å². The molecular weight excluding hydrogens is 188 g/mol. The van der Waals surface area contributed by atoms with Crippen LogP contribution >= 0.6 is 11.6 Å². The van der Waals surface area contributed by atoms with Crippen LogP contribution in [0.2, 0.25) is 0 Å². The summed E-state index contributed by atoms with van der Waals surface area (Å²) < 4.78 is 0. The molecule has 0 aromatic heterocycles. The van der Waals surface area contributed by atoms with E-state index in [0.717, 1.165) is 19.5 Å². The largest absolute Gasteiger partial charge is 0.341 e. The number of piperidine rings is 1. The smallest absolute Gasteiger partial charge is 0.219 e. The molecule has 3 nitrogen and oxygen atoms in total. The molecule has 0 saturated carbocycles. The van der Waals surface area contributed by atoms with Crippen LogP contribution in [0.25, 0.3) is 0 Å². The number of hydrogen-bond donors (Lipinski definition) is 1. The van der Waals surface area contributed by atoms with E-state index >= 15 is 0 Å². The van der Waals surface area contributed by atoms with Crippen molar-refractivity contribution in [1.82, 2.24) is 10.2 Å². The molecule has 1 amide bonds. The third-order valence-corrected chi connectivity index (χ3v) is 3.17. The standard InChI is InChI=1S/C9H17ClN2O/c1-7(13)12-4-3-8(5-10)9(6-12)11-2/h8-9,11H,3-6H2,1-2H3. The van der Waals surface area contributed by atoms with Gasteiger partial charge in [-0.05, 0) is 19.4 Å². The predicted molar refractivity (Wildman–Crippen MR) is 53.9 cm³/mol. The summed E-state index contributed by atoms with van der Waals surface area (Å²) in [6.45, 7) is 3.27. The molecule has 1 heterocycles. The molecule has 2 atom stereocenters. The Morgan fingerprint density at radius 1 is 1.69 bits per heavy atom. The molecule has 76 valence electrons. The van der Waals surface area contributed by atoms with Crippen molar-refractivity contribution in [2.24, 2.45) is 5.92 Å². The molecule has 1 N–H and O–H groups in total. The summed E-state index contributed by atoms with van der Waals surface area (Å²) in [5, 5.41) is 3.21. The van der Waals surface area contributed by atoms with Crippen LogP contribution < -0.4 is 5.32 Å². The Morgan fingerprint density at radius 3 is 2.85 bits per heavy atom. The summed E-state index contributed by atoms with van der Waals surface area (Å²) in [7, 11) is 1.92. The number of nitrogens with zero attached hydrogens (tertiary/aromatic N) is 1. The Labute approximate surface area is 84.4 Å². The number of likely N-dealkylation sites (tertiary alicyclic amines) is 1. The monoisotopic (exact) mass is 204 g/mol. The number of halogens is 1. The Bertz CT molecular complexity index is 186. The summed E-state index contributed by atoms with van der Waals surface area (Å²) in [6.07, 6.45) is 1.01. The summed E-state index contributed by atoms with van der Waals surface area (Å²) in [5.74, 6) is 1.34. The van der Waals surface area contributed by atoms with Gasteiger partial charge in [-0.15, -0.1) is 11.6 Å². The van der Waals surface area contributed by atoms with Gasteiger partial charge in [0.15, 0.2) is 0 Å². The number of hydrogen-bond acceptors (Lipinski definition) is 2. The Kier molecular flexibility index (Phi) is 4.00. The molecule has 4 heteroatoms. The number of carbonyl (C=O) groups is 1. The van der Waals surface area contributed by atoms with E-state index in [1.54, 1.807) is 6.92 Å². The van der Waals surface area contributed by atoms with Crippen LogP contribution in [0.3, 0.4) is 0 Å². The molecule has 1 aliphatic heterocycles. The first-order valence-electron chi connectivity index (χ1n) is 4.67. The molecule has 0 spiro atoms. The number of rotatable bonds is 2. The lowest BCUT2D eigenvalue weighted by atomic mass is 9.93. The lowest BCUT2D eigenvalue weighted by Crippen LogP contribution is -2.51. The van der Waals surface area contributed by atoms with Gasteiger partial charge < -0.3 is 10.2 Å². The van der Waals surface area contributed by atoms with Gasteiger partial charge in [0.05, 0.1) is 0 Å². The lowest BCUT2D eigenvalue weighted by Gasteiger charge is -2.37. The van der Waals surface area contributed by atoms with Crippen molar-refractivity contribution in [3.8, 4) is 0 Å². The van der Waals surface area contributed by atoms with Crippen LogP contribution in [0.1, 0.15) is 13.3 Å². The van der Waals surface area contributed by atoms with E-state index in [2.05, 4.69) is 5.32 Å². The molecule has 0 bridgehead atoms. The van der Waals surface area contributed by atoms with Gasteiger partial charge in [0.1, 0.15) is 0 Å². The first-order chi connectivity index (χ1) is 6.19. The molecule has 1 aliphatic rings. The Morgan fingerprint density at radius 2 is 2.38 bits per heavy atom. The van der Waals surface area contributed by atoms with Crippen molar-refractivity contribution in [2.45, 2.75) is 19.4 Å². The second kappa shape index (κ2) is 4.82. The second-order valence-corrected chi connectivity index (χ2v) is 3.87. The van der Waals surface area contributed by atoms with Gasteiger partial charge in [0.2, 0.25) is 5.91 Å². The highest BCUT2D eigenvalue weighted by Crippen LogP contribution is 2.18. The van der Waals surface area contributed by atoms with E-state index in [1.165, 1.54) is 0 Å². The summed E-state index contributed by atoms with van der Waals surface area (Å²) in [5.41, 5.74) is 0. The highest BCUT2D eigenvalue weighted by molar-refractivity contribution is 6.18. The number of amides is 1. The number of nitrogens with one attached hydrogen (secondary N) is 1. The van der Waals surface area contributed by atoms with Crippen molar-refractivity contribution < 1.29 is 4.79 Å². The average molecular weight is 205 g/mol. The zero-order valence-corrected chi connectivity index (χ0v) is 8.97. The van der Waals surface area contributed by atoms with Crippen molar-refractivity contribution in [3.63, 3.8) is 0 Å². The molecule has 1 fully saturated rings. The maximum atomic E-state index is 11.1. The van der Waals surface area contributed by atoms with Gasteiger partial charge in [-0.2, -0.15) is 0 Å². The van der Waals surface area contributed by atoms with Crippen LogP contribution in [0, 0.1) is 5.92 Å².